The molecule has 0 amide bonds. The molecule has 0 aliphatic heterocycles. The SMILES string of the molecule is Nc1ccc2nnc(COc3ccc(Cl)cc3Cl)n2c1. The Morgan fingerprint density at radius 3 is 2.80 bits per heavy atom. The third-order valence-electron chi connectivity index (χ3n) is 2.75. The lowest BCUT2D eigenvalue weighted by Crippen LogP contribution is -2.02. The molecule has 0 unspecified atom stereocenters. The van der Waals surface area contributed by atoms with Crippen molar-refractivity contribution in [3.63, 3.8) is 0 Å². The molecule has 3 rings (SSSR count). The number of hydrogen-bond donors (Lipinski definition) is 1. The van der Waals surface area contributed by atoms with E-state index < -0.39 is 0 Å². The smallest absolute Gasteiger partial charge is 0.175 e. The number of anilines is 1. The molecule has 0 atom stereocenters. The molecule has 0 saturated heterocycles. The Bertz CT molecular complexity index is 772. The minimum absolute atomic E-state index is 0.228. The number of nitrogens with two attached hydrogens (primary N) is 1. The van der Waals surface area contributed by atoms with E-state index in [1.54, 1.807) is 40.9 Å². The molecule has 102 valence electrons. The average molecular weight is 309 g/mol. The molecule has 5 nitrogen and oxygen atoms in total. The number of nitrogen functional groups attached to an aromatic ring is 1. The number of benzene rings is 1. The topological polar surface area (TPSA) is 65.4 Å². The summed E-state index contributed by atoms with van der Waals surface area (Å²) in [5.41, 5.74) is 7.08. The average Bonchev–Trinajstić information content (AvgIpc) is 2.80. The Hall–Kier alpha value is -1.98. The van der Waals surface area contributed by atoms with Crippen molar-refractivity contribution >= 4 is 34.5 Å². The van der Waals surface area contributed by atoms with Gasteiger partial charge in [0.05, 0.1) is 5.02 Å². The van der Waals surface area contributed by atoms with Gasteiger partial charge in [-0.2, -0.15) is 0 Å². The van der Waals surface area contributed by atoms with Crippen molar-refractivity contribution < 1.29 is 4.74 Å². The lowest BCUT2D eigenvalue weighted by atomic mass is 10.3. The van der Waals surface area contributed by atoms with E-state index >= 15 is 0 Å². The first-order chi connectivity index (χ1) is 9.63. The second kappa shape index (κ2) is 5.19. The van der Waals surface area contributed by atoms with Crippen LogP contribution in [0.25, 0.3) is 5.65 Å². The highest BCUT2D eigenvalue weighted by atomic mass is 35.5. The molecule has 2 N–H and O–H groups in total. The predicted octanol–water partition coefficient (Wildman–Crippen LogP) is 3.20. The number of halogens is 2. The van der Waals surface area contributed by atoms with Gasteiger partial charge >= 0.3 is 0 Å². The summed E-state index contributed by atoms with van der Waals surface area (Å²) in [6.45, 7) is 0.228. The molecule has 20 heavy (non-hydrogen) atoms. The fourth-order valence-electron chi connectivity index (χ4n) is 1.79. The van der Waals surface area contributed by atoms with Crippen LogP contribution in [0.2, 0.25) is 10.0 Å². The molecule has 0 bridgehead atoms. The first kappa shape index (κ1) is 13.0. The maximum absolute atomic E-state index is 6.04. The molecule has 2 aromatic heterocycles. The number of ether oxygens (including phenoxy) is 1. The summed E-state index contributed by atoms with van der Waals surface area (Å²) in [5, 5.41) is 9.10. The van der Waals surface area contributed by atoms with Crippen molar-refractivity contribution in [3.05, 3.63) is 52.4 Å². The number of hydrogen-bond acceptors (Lipinski definition) is 4. The Kier molecular flexibility index (Phi) is 3.38. The van der Waals surface area contributed by atoms with Crippen LogP contribution in [0.1, 0.15) is 5.82 Å². The highest BCUT2D eigenvalue weighted by Crippen LogP contribution is 2.28. The van der Waals surface area contributed by atoms with E-state index in [1.807, 2.05) is 0 Å². The van der Waals surface area contributed by atoms with E-state index in [-0.39, 0.29) is 6.61 Å². The zero-order chi connectivity index (χ0) is 14.1. The first-order valence-corrected chi connectivity index (χ1v) is 6.56. The standard InChI is InChI=1S/C13H10Cl2N4O/c14-8-1-3-11(10(15)5-8)20-7-13-18-17-12-4-2-9(16)6-19(12)13/h1-6H,7,16H2. The summed E-state index contributed by atoms with van der Waals surface area (Å²) >= 11 is 11.9. The molecule has 0 aliphatic rings. The molecule has 7 heteroatoms. The minimum atomic E-state index is 0.228. The van der Waals surface area contributed by atoms with Gasteiger partial charge in [0.2, 0.25) is 0 Å². The van der Waals surface area contributed by atoms with Crippen LogP contribution in [-0.2, 0) is 6.61 Å². The van der Waals surface area contributed by atoms with Gasteiger partial charge in [-0.15, -0.1) is 10.2 Å². The number of aromatic nitrogens is 3. The fraction of sp³-hybridized carbons (Fsp3) is 0.0769. The maximum atomic E-state index is 6.04. The Morgan fingerprint density at radius 2 is 2.00 bits per heavy atom. The summed E-state index contributed by atoms with van der Waals surface area (Å²) in [7, 11) is 0. The highest BCUT2D eigenvalue weighted by molar-refractivity contribution is 6.35. The van der Waals surface area contributed by atoms with E-state index in [0.717, 1.165) is 0 Å². The zero-order valence-electron chi connectivity index (χ0n) is 10.3. The molecule has 0 saturated carbocycles. The van der Waals surface area contributed by atoms with Gasteiger partial charge in [0.15, 0.2) is 11.5 Å². The van der Waals surface area contributed by atoms with Crippen LogP contribution in [-0.4, -0.2) is 14.6 Å². The molecule has 0 radical (unpaired) electrons. The van der Waals surface area contributed by atoms with Crippen LogP contribution >= 0.6 is 23.2 Å². The van der Waals surface area contributed by atoms with Gasteiger partial charge in [0, 0.05) is 16.9 Å². The van der Waals surface area contributed by atoms with E-state index in [1.165, 1.54) is 0 Å². The normalized spacial score (nSPS) is 10.9. The zero-order valence-corrected chi connectivity index (χ0v) is 11.8. The Morgan fingerprint density at radius 1 is 1.15 bits per heavy atom. The summed E-state index contributed by atoms with van der Waals surface area (Å²) in [5.74, 6) is 1.18. The van der Waals surface area contributed by atoms with Crippen LogP contribution in [0.4, 0.5) is 5.69 Å². The number of nitrogens with zero attached hydrogens (tertiary/aromatic N) is 3. The summed E-state index contributed by atoms with van der Waals surface area (Å²) < 4.78 is 7.41. The van der Waals surface area contributed by atoms with Crippen LogP contribution in [0.5, 0.6) is 5.75 Å². The number of fused-ring (bicyclic) bond motifs is 1. The van der Waals surface area contributed by atoms with Crippen molar-refractivity contribution in [2.24, 2.45) is 0 Å². The van der Waals surface area contributed by atoms with Crippen LogP contribution < -0.4 is 10.5 Å². The van der Waals surface area contributed by atoms with Crippen LogP contribution in [0.3, 0.4) is 0 Å². The summed E-state index contributed by atoms with van der Waals surface area (Å²) in [6.07, 6.45) is 1.75. The second-order valence-electron chi connectivity index (χ2n) is 4.17. The van der Waals surface area contributed by atoms with Gasteiger partial charge < -0.3 is 10.5 Å². The molecule has 3 aromatic rings. The second-order valence-corrected chi connectivity index (χ2v) is 5.01. The Labute approximate surface area is 124 Å². The molecule has 0 aliphatic carbocycles. The number of pyridine rings is 1. The molecule has 2 heterocycles. The van der Waals surface area contributed by atoms with Gasteiger partial charge in [-0.3, -0.25) is 4.40 Å². The molecule has 0 spiro atoms. The van der Waals surface area contributed by atoms with Crippen molar-refractivity contribution in [1.82, 2.24) is 14.6 Å². The van der Waals surface area contributed by atoms with E-state index in [2.05, 4.69) is 10.2 Å². The van der Waals surface area contributed by atoms with E-state index in [9.17, 15) is 0 Å². The molecular weight excluding hydrogens is 299 g/mol. The third kappa shape index (κ3) is 2.50. The van der Waals surface area contributed by atoms with Gasteiger partial charge in [0.25, 0.3) is 0 Å². The fourth-order valence-corrected chi connectivity index (χ4v) is 2.25. The lowest BCUT2D eigenvalue weighted by molar-refractivity contribution is 0.294. The highest BCUT2D eigenvalue weighted by Gasteiger charge is 2.08. The van der Waals surface area contributed by atoms with E-state index in [0.29, 0.717) is 33.0 Å². The quantitative estimate of drug-likeness (QED) is 0.807. The number of rotatable bonds is 3. The summed E-state index contributed by atoms with van der Waals surface area (Å²) in [4.78, 5) is 0. The van der Waals surface area contributed by atoms with Gasteiger partial charge in [0.1, 0.15) is 12.4 Å². The molecule has 1 aromatic carbocycles. The van der Waals surface area contributed by atoms with Crippen molar-refractivity contribution in [2.75, 3.05) is 5.73 Å². The lowest BCUT2D eigenvalue weighted by Gasteiger charge is -2.07. The van der Waals surface area contributed by atoms with Gasteiger partial charge in [-0.05, 0) is 30.3 Å². The molecular formula is C13H10Cl2N4O. The van der Waals surface area contributed by atoms with Crippen molar-refractivity contribution in [3.8, 4) is 5.75 Å². The third-order valence-corrected chi connectivity index (χ3v) is 3.28. The van der Waals surface area contributed by atoms with Crippen LogP contribution in [0, 0.1) is 0 Å². The maximum Gasteiger partial charge on any atom is 0.175 e. The Balaban J connectivity index is 1.85. The van der Waals surface area contributed by atoms with Gasteiger partial charge in [-0.25, -0.2) is 0 Å². The monoisotopic (exact) mass is 308 g/mol. The largest absolute Gasteiger partial charge is 0.484 e. The molecule has 0 fully saturated rings. The van der Waals surface area contributed by atoms with Crippen LogP contribution in [0.15, 0.2) is 36.5 Å². The summed E-state index contributed by atoms with van der Waals surface area (Å²) in [6, 6.07) is 8.61. The van der Waals surface area contributed by atoms with E-state index in [4.69, 9.17) is 33.7 Å². The predicted molar refractivity (Wildman–Crippen MR) is 78.2 cm³/mol. The van der Waals surface area contributed by atoms with Crippen molar-refractivity contribution in [2.45, 2.75) is 6.61 Å². The minimum Gasteiger partial charge on any atom is -0.484 e. The first-order valence-electron chi connectivity index (χ1n) is 5.80. The van der Waals surface area contributed by atoms with Crippen molar-refractivity contribution in [1.29, 1.82) is 0 Å². The van der Waals surface area contributed by atoms with Gasteiger partial charge in [-0.1, -0.05) is 23.2 Å².